The molecule has 0 unspecified atom stereocenters. The Hall–Kier alpha value is -2.02. The Morgan fingerprint density at radius 2 is 2.10 bits per heavy atom. The second kappa shape index (κ2) is 5.96. The van der Waals surface area contributed by atoms with Gasteiger partial charge < -0.3 is 9.84 Å². The van der Waals surface area contributed by atoms with Crippen molar-refractivity contribution in [2.45, 2.75) is 6.61 Å². The van der Waals surface area contributed by atoms with Crippen LogP contribution in [-0.2, 0) is 6.61 Å². The highest BCUT2D eigenvalue weighted by molar-refractivity contribution is 9.10. The summed E-state index contributed by atoms with van der Waals surface area (Å²) in [7, 11) is 0. The SMILES string of the molecule is O=C(O)c1ccncc1OCc1c(F)ccc(Br)c1F. The van der Waals surface area contributed by atoms with E-state index < -0.39 is 24.2 Å². The molecule has 1 N–H and O–H groups in total. The van der Waals surface area contributed by atoms with Crippen molar-refractivity contribution in [1.82, 2.24) is 4.98 Å². The first kappa shape index (κ1) is 14.4. The van der Waals surface area contributed by atoms with Gasteiger partial charge in [-0.05, 0) is 34.1 Å². The number of pyridine rings is 1. The van der Waals surface area contributed by atoms with Crippen LogP contribution in [0.3, 0.4) is 0 Å². The van der Waals surface area contributed by atoms with E-state index in [1.54, 1.807) is 0 Å². The summed E-state index contributed by atoms with van der Waals surface area (Å²) < 4.78 is 32.5. The zero-order valence-corrected chi connectivity index (χ0v) is 11.5. The summed E-state index contributed by atoms with van der Waals surface area (Å²) in [5.74, 6) is -2.83. The Balaban J connectivity index is 2.26. The summed E-state index contributed by atoms with van der Waals surface area (Å²) in [5, 5.41) is 8.95. The highest BCUT2D eigenvalue weighted by atomic mass is 79.9. The summed E-state index contributed by atoms with van der Waals surface area (Å²) in [4.78, 5) is 14.7. The molecule has 0 saturated carbocycles. The second-order valence-corrected chi connectivity index (χ2v) is 4.64. The number of halogens is 3. The molecule has 0 radical (unpaired) electrons. The molecule has 2 aromatic rings. The number of benzene rings is 1. The molecule has 0 fully saturated rings. The maximum atomic E-state index is 13.7. The molecule has 1 aromatic heterocycles. The third-order valence-corrected chi connectivity index (χ3v) is 3.14. The molecule has 104 valence electrons. The number of nitrogens with zero attached hydrogens (tertiary/aromatic N) is 1. The third kappa shape index (κ3) is 2.93. The van der Waals surface area contributed by atoms with Gasteiger partial charge in [-0.25, -0.2) is 13.6 Å². The lowest BCUT2D eigenvalue weighted by molar-refractivity contribution is 0.0691. The van der Waals surface area contributed by atoms with Gasteiger partial charge >= 0.3 is 5.97 Å². The van der Waals surface area contributed by atoms with Crippen LogP contribution in [0.25, 0.3) is 0 Å². The lowest BCUT2D eigenvalue weighted by Gasteiger charge is -2.10. The quantitative estimate of drug-likeness (QED) is 0.864. The minimum Gasteiger partial charge on any atom is -0.486 e. The Labute approximate surface area is 121 Å². The fraction of sp³-hybridized carbons (Fsp3) is 0.0769. The third-order valence-electron chi connectivity index (χ3n) is 2.53. The fourth-order valence-corrected chi connectivity index (χ4v) is 1.89. The molecule has 0 aliphatic rings. The van der Waals surface area contributed by atoms with Crippen molar-refractivity contribution < 1.29 is 23.4 Å². The molecule has 0 amide bonds. The van der Waals surface area contributed by atoms with Gasteiger partial charge in [0.2, 0.25) is 0 Å². The van der Waals surface area contributed by atoms with Crippen molar-refractivity contribution in [3.05, 3.63) is 57.8 Å². The number of aromatic nitrogens is 1. The molecule has 1 aromatic carbocycles. The summed E-state index contributed by atoms with van der Waals surface area (Å²) >= 11 is 2.94. The first-order chi connectivity index (χ1) is 9.50. The zero-order chi connectivity index (χ0) is 14.7. The van der Waals surface area contributed by atoms with Crippen LogP contribution < -0.4 is 4.74 Å². The number of hydrogen-bond donors (Lipinski definition) is 1. The van der Waals surface area contributed by atoms with Crippen LogP contribution in [-0.4, -0.2) is 16.1 Å². The molecule has 1 heterocycles. The van der Waals surface area contributed by atoms with E-state index in [1.807, 2.05) is 0 Å². The summed E-state index contributed by atoms with van der Waals surface area (Å²) in [6, 6.07) is 3.57. The van der Waals surface area contributed by atoms with Crippen molar-refractivity contribution in [3.63, 3.8) is 0 Å². The summed E-state index contributed by atoms with van der Waals surface area (Å²) in [5.41, 5.74) is -0.421. The van der Waals surface area contributed by atoms with Crippen molar-refractivity contribution in [3.8, 4) is 5.75 Å². The Morgan fingerprint density at radius 3 is 2.80 bits per heavy atom. The molecule has 0 aliphatic carbocycles. The molecule has 2 rings (SSSR count). The molecular formula is C13H8BrF2NO3. The largest absolute Gasteiger partial charge is 0.486 e. The lowest BCUT2D eigenvalue weighted by atomic mass is 10.2. The Morgan fingerprint density at radius 1 is 1.35 bits per heavy atom. The van der Waals surface area contributed by atoms with Gasteiger partial charge in [-0.3, -0.25) is 4.98 Å². The van der Waals surface area contributed by atoms with E-state index in [1.165, 1.54) is 24.5 Å². The molecule has 7 heteroatoms. The monoisotopic (exact) mass is 343 g/mol. The molecule has 0 bridgehead atoms. The van der Waals surface area contributed by atoms with Gasteiger partial charge in [0.1, 0.15) is 23.8 Å². The van der Waals surface area contributed by atoms with E-state index in [4.69, 9.17) is 9.84 Å². The van der Waals surface area contributed by atoms with Crippen molar-refractivity contribution in [1.29, 1.82) is 0 Å². The first-order valence-electron chi connectivity index (χ1n) is 5.43. The van der Waals surface area contributed by atoms with Crippen LogP contribution >= 0.6 is 15.9 Å². The number of carboxylic acid groups (broad SMARTS) is 1. The average molecular weight is 344 g/mol. The van der Waals surface area contributed by atoms with E-state index >= 15 is 0 Å². The molecule has 0 spiro atoms. The van der Waals surface area contributed by atoms with Gasteiger partial charge in [0.15, 0.2) is 5.75 Å². The highest BCUT2D eigenvalue weighted by Crippen LogP contribution is 2.24. The maximum absolute atomic E-state index is 13.7. The van der Waals surface area contributed by atoms with Crippen LogP contribution in [0.2, 0.25) is 0 Å². The second-order valence-electron chi connectivity index (χ2n) is 3.79. The van der Waals surface area contributed by atoms with Crippen LogP contribution in [0.5, 0.6) is 5.75 Å². The standard InChI is InChI=1S/C13H8BrF2NO3/c14-9-1-2-10(15)8(12(9)16)6-20-11-5-17-4-3-7(11)13(18)19/h1-5H,6H2,(H,18,19). The van der Waals surface area contributed by atoms with Gasteiger partial charge in [0.25, 0.3) is 0 Å². The minimum atomic E-state index is -1.21. The summed E-state index contributed by atoms with van der Waals surface area (Å²) in [6.45, 7) is -0.441. The topological polar surface area (TPSA) is 59.4 Å². The number of carbonyl (C=O) groups is 1. The number of aromatic carboxylic acids is 1. The minimum absolute atomic E-state index is 0.0567. The smallest absolute Gasteiger partial charge is 0.339 e. The number of ether oxygens (including phenoxy) is 1. The normalized spacial score (nSPS) is 10.3. The van der Waals surface area contributed by atoms with Crippen LogP contribution in [0.4, 0.5) is 8.78 Å². The van der Waals surface area contributed by atoms with E-state index in [-0.39, 0.29) is 21.3 Å². The fourth-order valence-electron chi connectivity index (χ4n) is 1.52. The average Bonchev–Trinajstić information content (AvgIpc) is 2.43. The van der Waals surface area contributed by atoms with Gasteiger partial charge in [-0.2, -0.15) is 0 Å². The van der Waals surface area contributed by atoms with Gasteiger partial charge in [-0.15, -0.1) is 0 Å². The maximum Gasteiger partial charge on any atom is 0.339 e. The highest BCUT2D eigenvalue weighted by Gasteiger charge is 2.15. The van der Waals surface area contributed by atoms with Gasteiger partial charge in [0, 0.05) is 6.20 Å². The molecule has 0 saturated heterocycles. The predicted molar refractivity (Wildman–Crippen MR) is 69.6 cm³/mol. The molecule has 4 nitrogen and oxygen atoms in total. The Kier molecular flexibility index (Phi) is 4.29. The number of rotatable bonds is 4. The lowest BCUT2D eigenvalue weighted by Crippen LogP contribution is -2.06. The van der Waals surface area contributed by atoms with Crippen LogP contribution in [0.15, 0.2) is 35.1 Å². The van der Waals surface area contributed by atoms with Crippen LogP contribution in [0.1, 0.15) is 15.9 Å². The predicted octanol–water partition coefficient (Wildman–Crippen LogP) is 3.40. The van der Waals surface area contributed by atoms with E-state index in [0.717, 1.165) is 6.07 Å². The van der Waals surface area contributed by atoms with E-state index in [0.29, 0.717) is 0 Å². The van der Waals surface area contributed by atoms with E-state index in [2.05, 4.69) is 20.9 Å². The number of carboxylic acids is 1. The first-order valence-corrected chi connectivity index (χ1v) is 6.22. The zero-order valence-electron chi connectivity index (χ0n) is 9.94. The van der Waals surface area contributed by atoms with Crippen molar-refractivity contribution in [2.24, 2.45) is 0 Å². The molecule has 20 heavy (non-hydrogen) atoms. The van der Waals surface area contributed by atoms with Gasteiger partial charge in [0.05, 0.1) is 16.2 Å². The van der Waals surface area contributed by atoms with Crippen molar-refractivity contribution in [2.75, 3.05) is 0 Å². The van der Waals surface area contributed by atoms with Crippen molar-refractivity contribution >= 4 is 21.9 Å². The molecular weight excluding hydrogens is 336 g/mol. The summed E-state index contributed by atoms with van der Waals surface area (Å²) in [6.07, 6.45) is 2.47. The molecule has 0 aliphatic heterocycles. The van der Waals surface area contributed by atoms with E-state index in [9.17, 15) is 13.6 Å². The Bertz CT molecular complexity index is 664. The number of hydrogen-bond acceptors (Lipinski definition) is 3. The molecule has 0 atom stereocenters. The van der Waals surface area contributed by atoms with Gasteiger partial charge in [-0.1, -0.05) is 0 Å². The van der Waals surface area contributed by atoms with Crippen LogP contribution in [0, 0.1) is 11.6 Å².